The molecule has 0 heterocycles. The van der Waals surface area contributed by atoms with Gasteiger partial charge in [0.1, 0.15) is 0 Å². The van der Waals surface area contributed by atoms with Gasteiger partial charge in [-0.3, -0.25) is 0 Å². The average molecular weight is 423 g/mol. The van der Waals surface area contributed by atoms with Gasteiger partial charge in [0.15, 0.2) is 0 Å². The summed E-state index contributed by atoms with van der Waals surface area (Å²) in [5.74, 6) is 1.07. The molecule has 0 nitrogen and oxygen atoms in total. The molecule has 0 aromatic heterocycles. The Morgan fingerprint density at radius 2 is 1.80 bits per heavy atom. The molecule has 1 aromatic rings. The molecule has 1 saturated carbocycles. The van der Waals surface area contributed by atoms with Crippen molar-refractivity contribution in [3.8, 4) is 0 Å². The van der Waals surface area contributed by atoms with E-state index in [0.717, 1.165) is 5.25 Å². The number of thioether (sulfide) groups is 1. The van der Waals surface area contributed by atoms with Crippen molar-refractivity contribution in [1.29, 1.82) is 0 Å². The molecule has 30 heavy (non-hydrogen) atoms. The van der Waals surface area contributed by atoms with Gasteiger partial charge in [-0.2, -0.15) is 0 Å². The van der Waals surface area contributed by atoms with Crippen molar-refractivity contribution in [1.82, 2.24) is 0 Å². The van der Waals surface area contributed by atoms with Crippen LogP contribution in [-0.2, 0) is 6.42 Å². The Balaban J connectivity index is 1.95. The van der Waals surface area contributed by atoms with E-state index < -0.39 is 0 Å². The van der Waals surface area contributed by atoms with E-state index >= 15 is 0 Å². The van der Waals surface area contributed by atoms with Crippen LogP contribution in [0.5, 0.6) is 0 Å². The van der Waals surface area contributed by atoms with E-state index in [1.165, 1.54) is 75.4 Å². The molecule has 0 spiro atoms. The highest BCUT2D eigenvalue weighted by molar-refractivity contribution is 8.00. The van der Waals surface area contributed by atoms with Crippen LogP contribution < -0.4 is 0 Å². The van der Waals surface area contributed by atoms with Crippen LogP contribution in [0.4, 0.5) is 0 Å². The third-order valence-corrected chi connectivity index (χ3v) is 8.85. The largest absolute Gasteiger partial charge is 0.122 e. The smallest absolute Gasteiger partial charge is 0.0139 e. The number of unbranched alkanes of at least 4 members (excludes halogenated alkanes) is 2. The lowest BCUT2D eigenvalue weighted by molar-refractivity contribution is 0.481. The lowest BCUT2D eigenvalue weighted by Crippen LogP contribution is -2.18. The van der Waals surface area contributed by atoms with E-state index in [-0.39, 0.29) is 0 Å². The molecule has 2 aliphatic carbocycles. The van der Waals surface area contributed by atoms with Gasteiger partial charge in [-0.25, -0.2) is 0 Å². The Kier molecular flexibility index (Phi) is 8.52. The normalized spacial score (nSPS) is 22.8. The number of benzene rings is 1. The van der Waals surface area contributed by atoms with Crippen LogP contribution in [-0.4, -0.2) is 5.25 Å². The van der Waals surface area contributed by atoms with Crippen molar-refractivity contribution < 1.29 is 0 Å². The molecule has 2 aliphatic rings. The van der Waals surface area contributed by atoms with Crippen molar-refractivity contribution in [2.45, 2.75) is 108 Å². The maximum absolute atomic E-state index is 4.36. The van der Waals surface area contributed by atoms with Gasteiger partial charge in [0.05, 0.1) is 0 Å². The second kappa shape index (κ2) is 10.9. The van der Waals surface area contributed by atoms with Gasteiger partial charge in [-0.15, -0.1) is 11.8 Å². The van der Waals surface area contributed by atoms with E-state index in [2.05, 4.69) is 70.8 Å². The fraction of sp³-hybridized carbons (Fsp3) is 0.586. The number of aryl methyl sites for hydroxylation is 1. The molecule has 0 amide bonds. The zero-order valence-electron chi connectivity index (χ0n) is 19.9. The van der Waals surface area contributed by atoms with E-state index in [0.29, 0.717) is 11.8 Å². The maximum Gasteiger partial charge on any atom is 0.0139 e. The molecule has 0 aliphatic heterocycles. The molecule has 3 rings (SSSR count). The third-order valence-electron chi connectivity index (χ3n) is 7.24. The SMILES string of the molecule is C=C1CCC(Sc2c(CCCCC)ccc(C3C=C(C)CCC3C(=C)C)c2C)CC1. The monoisotopic (exact) mass is 422 g/mol. The summed E-state index contributed by atoms with van der Waals surface area (Å²) in [7, 11) is 0. The first-order valence-corrected chi connectivity index (χ1v) is 13.1. The van der Waals surface area contributed by atoms with Gasteiger partial charge < -0.3 is 0 Å². The summed E-state index contributed by atoms with van der Waals surface area (Å²) in [6.45, 7) is 17.8. The Bertz CT molecular complexity index is 787. The topological polar surface area (TPSA) is 0 Å². The van der Waals surface area contributed by atoms with Crippen molar-refractivity contribution in [2.24, 2.45) is 5.92 Å². The van der Waals surface area contributed by atoms with Gasteiger partial charge >= 0.3 is 0 Å². The maximum atomic E-state index is 4.36. The lowest BCUT2D eigenvalue weighted by Gasteiger charge is -2.33. The molecule has 0 N–H and O–H groups in total. The Morgan fingerprint density at radius 1 is 1.07 bits per heavy atom. The standard InChI is InChI=1S/C29H42S/c1-7-8-9-10-24-14-18-27(28-19-22(5)13-17-26(28)20(2)3)23(6)29(24)30-25-15-11-21(4)12-16-25/h14,18-19,25-26,28H,2,4,7-13,15-17H2,1,3,5-6H3. The number of rotatable bonds is 8. The van der Waals surface area contributed by atoms with Crippen molar-refractivity contribution in [2.75, 3.05) is 0 Å². The van der Waals surface area contributed by atoms with Crippen LogP contribution in [0, 0.1) is 12.8 Å². The molecule has 1 heteroatoms. The van der Waals surface area contributed by atoms with Gasteiger partial charge in [0.2, 0.25) is 0 Å². The lowest BCUT2D eigenvalue weighted by atomic mass is 9.73. The van der Waals surface area contributed by atoms with E-state index in [4.69, 9.17) is 0 Å². The minimum atomic E-state index is 0.492. The summed E-state index contributed by atoms with van der Waals surface area (Å²) < 4.78 is 0. The molecule has 2 unspecified atom stereocenters. The average Bonchev–Trinajstić information content (AvgIpc) is 2.72. The van der Waals surface area contributed by atoms with Crippen LogP contribution in [0.2, 0.25) is 0 Å². The summed E-state index contributed by atoms with van der Waals surface area (Å²) in [5.41, 5.74) is 9.01. The molecule has 164 valence electrons. The predicted molar refractivity (Wildman–Crippen MR) is 136 cm³/mol. The highest BCUT2D eigenvalue weighted by Gasteiger charge is 2.28. The number of hydrogen-bond donors (Lipinski definition) is 0. The van der Waals surface area contributed by atoms with E-state index in [9.17, 15) is 0 Å². The second-order valence-electron chi connectivity index (χ2n) is 9.82. The summed E-state index contributed by atoms with van der Waals surface area (Å²) >= 11 is 2.18. The number of allylic oxidation sites excluding steroid dienone is 4. The highest BCUT2D eigenvalue weighted by Crippen LogP contribution is 2.45. The zero-order valence-corrected chi connectivity index (χ0v) is 20.7. The molecule has 0 radical (unpaired) electrons. The quantitative estimate of drug-likeness (QED) is 0.297. The molecule has 1 aromatic carbocycles. The van der Waals surface area contributed by atoms with Gasteiger partial charge in [-0.05, 0) is 94.7 Å². The number of hydrogen-bond acceptors (Lipinski definition) is 1. The van der Waals surface area contributed by atoms with E-state index in [1.807, 2.05) is 0 Å². The van der Waals surface area contributed by atoms with Crippen LogP contribution in [0.3, 0.4) is 0 Å². The molecule has 1 fully saturated rings. The van der Waals surface area contributed by atoms with Crippen molar-refractivity contribution in [3.05, 3.63) is 64.8 Å². The first kappa shape index (κ1) is 23.5. The van der Waals surface area contributed by atoms with Gasteiger partial charge in [0.25, 0.3) is 0 Å². The fourth-order valence-electron chi connectivity index (χ4n) is 5.26. The first-order chi connectivity index (χ1) is 14.4. The summed E-state index contributed by atoms with van der Waals surface area (Å²) in [5, 5.41) is 0.745. The fourth-order valence-corrected chi connectivity index (χ4v) is 6.68. The summed E-state index contributed by atoms with van der Waals surface area (Å²) in [6.07, 6.45) is 15.2. The molecule has 0 saturated heterocycles. The Labute approximate surface area is 190 Å². The third kappa shape index (κ3) is 5.72. The summed E-state index contributed by atoms with van der Waals surface area (Å²) in [6, 6.07) is 4.93. The zero-order chi connectivity index (χ0) is 21.7. The van der Waals surface area contributed by atoms with Gasteiger partial charge in [0, 0.05) is 16.1 Å². The second-order valence-corrected chi connectivity index (χ2v) is 11.1. The molecule has 0 bridgehead atoms. The first-order valence-electron chi connectivity index (χ1n) is 12.2. The van der Waals surface area contributed by atoms with Crippen LogP contribution in [0.15, 0.2) is 53.0 Å². The van der Waals surface area contributed by atoms with Crippen molar-refractivity contribution >= 4 is 11.8 Å². The molecular formula is C29H42S. The van der Waals surface area contributed by atoms with E-state index in [1.54, 1.807) is 27.2 Å². The van der Waals surface area contributed by atoms with Gasteiger partial charge in [-0.1, -0.05) is 67.9 Å². The molecule has 2 atom stereocenters. The molecular weight excluding hydrogens is 380 g/mol. The van der Waals surface area contributed by atoms with Crippen LogP contribution >= 0.6 is 11.8 Å². The van der Waals surface area contributed by atoms with Crippen LogP contribution in [0.1, 0.15) is 101 Å². The highest BCUT2D eigenvalue weighted by atomic mass is 32.2. The predicted octanol–water partition coefficient (Wildman–Crippen LogP) is 9.33. The van der Waals surface area contributed by atoms with Crippen LogP contribution in [0.25, 0.3) is 0 Å². The van der Waals surface area contributed by atoms with Crippen molar-refractivity contribution in [3.63, 3.8) is 0 Å². The Morgan fingerprint density at radius 3 is 2.47 bits per heavy atom. The summed E-state index contributed by atoms with van der Waals surface area (Å²) in [4.78, 5) is 1.60. The minimum Gasteiger partial charge on any atom is -0.122 e. The Hall–Kier alpha value is -1.21. The minimum absolute atomic E-state index is 0.492.